The van der Waals surface area contributed by atoms with Crippen molar-refractivity contribution < 1.29 is 13.2 Å². The number of rotatable bonds is 2. The Morgan fingerprint density at radius 2 is 1.82 bits per heavy atom. The highest BCUT2D eigenvalue weighted by Gasteiger charge is 2.24. The third-order valence-corrected chi connectivity index (χ3v) is 5.77. The Labute approximate surface area is 134 Å². The smallest absolute Gasteiger partial charge is 0.255 e. The second-order valence-corrected chi connectivity index (χ2v) is 7.72. The molecule has 0 fully saturated rings. The maximum Gasteiger partial charge on any atom is 0.255 e. The molecule has 2 aromatic carbocycles. The van der Waals surface area contributed by atoms with Crippen molar-refractivity contribution in [1.29, 1.82) is 0 Å². The number of hydrogen-bond donors (Lipinski definition) is 1. The lowest BCUT2D eigenvalue weighted by Gasteiger charge is -2.17. The van der Waals surface area contributed by atoms with Crippen LogP contribution in [0.2, 0.25) is 5.02 Å². The molecule has 2 aromatic rings. The van der Waals surface area contributed by atoms with Crippen molar-refractivity contribution in [1.82, 2.24) is 0 Å². The van der Waals surface area contributed by atoms with Crippen LogP contribution in [0, 0.1) is 0 Å². The van der Waals surface area contributed by atoms with Gasteiger partial charge in [0.25, 0.3) is 5.91 Å². The van der Waals surface area contributed by atoms with Crippen molar-refractivity contribution in [3.8, 4) is 0 Å². The maximum atomic E-state index is 12.3. The summed E-state index contributed by atoms with van der Waals surface area (Å²) in [5, 5.41) is 3.36. The Morgan fingerprint density at radius 1 is 1.09 bits per heavy atom. The van der Waals surface area contributed by atoms with Crippen LogP contribution in [-0.4, -0.2) is 20.1 Å². The summed E-state index contributed by atoms with van der Waals surface area (Å²) in [5.41, 5.74) is 1.81. The van der Waals surface area contributed by atoms with Crippen LogP contribution in [0.1, 0.15) is 22.3 Å². The van der Waals surface area contributed by atoms with E-state index in [2.05, 4.69) is 5.32 Å². The third-order valence-electron chi connectivity index (χ3n) is 3.62. The Kier molecular flexibility index (Phi) is 3.93. The molecular formula is C16H14ClNO3S. The second-order valence-electron chi connectivity index (χ2n) is 5.21. The van der Waals surface area contributed by atoms with Gasteiger partial charge in [-0.3, -0.25) is 4.79 Å². The Bertz CT molecular complexity index is 829. The fourth-order valence-electron chi connectivity index (χ4n) is 2.52. The second kappa shape index (κ2) is 5.74. The molecular weight excluding hydrogens is 322 g/mol. The number of carbonyl (C=O) groups excluding carboxylic acids is 1. The van der Waals surface area contributed by atoms with Gasteiger partial charge in [0.2, 0.25) is 0 Å². The highest BCUT2D eigenvalue weighted by molar-refractivity contribution is 7.91. The predicted octanol–water partition coefficient (Wildman–Crippen LogP) is 3.31. The molecule has 1 heterocycles. The molecule has 4 nitrogen and oxygen atoms in total. The van der Waals surface area contributed by atoms with Crippen LogP contribution >= 0.6 is 11.6 Å². The van der Waals surface area contributed by atoms with Gasteiger partial charge in [0.05, 0.1) is 10.6 Å². The quantitative estimate of drug-likeness (QED) is 0.915. The van der Waals surface area contributed by atoms with Gasteiger partial charge in [-0.25, -0.2) is 8.42 Å². The third kappa shape index (κ3) is 3.00. The standard InChI is InChI=1S/C16H14ClNO3S/c17-13-4-6-14(7-5-13)18-16(19)12-3-8-15-11(10-12)2-1-9-22(15,20)21/h3-8,10H,1-2,9H2,(H,18,19). The molecule has 1 aliphatic rings. The van der Waals surface area contributed by atoms with Crippen LogP contribution in [0.5, 0.6) is 0 Å². The maximum absolute atomic E-state index is 12.3. The van der Waals surface area contributed by atoms with E-state index < -0.39 is 9.84 Å². The average Bonchev–Trinajstić information content (AvgIpc) is 2.49. The van der Waals surface area contributed by atoms with E-state index in [4.69, 9.17) is 11.6 Å². The summed E-state index contributed by atoms with van der Waals surface area (Å²) in [6.07, 6.45) is 1.27. The highest BCUT2D eigenvalue weighted by Crippen LogP contribution is 2.26. The summed E-state index contributed by atoms with van der Waals surface area (Å²) in [6, 6.07) is 11.5. The predicted molar refractivity (Wildman–Crippen MR) is 86.2 cm³/mol. The number of aryl methyl sites for hydroxylation is 1. The lowest BCUT2D eigenvalue weighted by Crippen LogP contribution is -2.18. The molecule has 0 aliphatic carbocycles. The van der Waals surface area contributed by atoms with E-state index >= 15 is 0 Å². The van der Waals surface area contributed by atoms with Gasteiger partial charge in [0.1, 0.15) is 0 Å². The number of halogens is 1. The van der Waals surface area contributed by atoms with Crippen molar-refractivity contribution in [3.63, 3.8) is 0 Å². The molecule has 1 N–H and O–H groups in total. The summed E-state index contributed by atoms with van der Waals surface area (Å²) in [6.45, 7) is 0. The molecule has 0 spiro atoms. The zero-order chi connectivity index (χ0) is 15.7. The molecule has 0 aromatic heterocycles. The van der Waals surface area contributed by atoms with Crippen LogP contribution in [0.4, 0.5) is 5.69 Å². The topological polar surface area (TPSA) is 63.2 Å². The molecule has 0 atom stereocenters. The van der Waals surface area contributed by atoms with E-state index in [1.807, 2.05) is 0 Å². The van der Waals surface area contributed by atoms with Crippen molar-refractivity contribution in [2.75, 3.05) is 11.1 Å². The van der Waals surface area contributed by atoms with Gasteiger partial charge in [-0.15, -0.1) is 0 Å². The van der Waals surface area contributed by atoms with Crippen LogP contribution in [0.25, 0.3) is 0 Å². The van der Waals surface area contributed by atoms with E-state index in [-0.39, 0.29) is 11.7 Å². The monoisotopic (exact) mass is 335 g/mol. The fourth-order valence-corrected chi connectivity index (χ4v) is 4.22. The molecule has 22 heavy (non-hydrogen) atoms. The largest absolute Gasteiger partial charge is 0.322 e. The molecule has 0 bridgehead atoms. The van der Waals surface area contributed by atoms with Gasteiger partial charge >= 0.3 is 0 Å². The summed E-state index contributed by atoms with van der Waals surface area (Å²) in [4.78, 5) is 12.6. The van der Waals surface area contributed by atoms with Gasteiger partial charge in [0.15, 0.2) is 9.84 Å². The first-order valence-electron chi connectivity index (χ1n) is 6.88. The van der Waals surface area contributed by atoms with Crippen molar-refractivity contribution in [2.45, 2.75) is 17.7 Å². The lowest BCUT2D eigenvalue weighted by atomic mass is 10.1. The van der Waals surface area contributed by atoms with Gasteiger partial charge in [-0.05, 0) is 60.9 Å². The van der Waals surface area contributed by atoms with Crippen LogP contribution < -0.4 is 5.32 Å². The zero-order valence-corrected chi connectivity index (χ0v) is 13.2. The Morgan fingerprint density at radius 3 is 2.55 bits per heavy atom. The minimum Gasteiger partial charge on any atom is -0.322 e. The SMILES string of the molecule is O=C(Nc1ccc(Cl)cc1)c1ccc2c(c1)CCCS2(=O)=O. The number of sulfone groups is 1. The van der Waals surface area contributed by atoms with Crippen LogP contribution in [0.15, 0.2) is 47.4 Å². The first-order valence-corrected chi connectivity index (χ1v) is 8.91. The van der Waals surface area contributed by atoms with Gasteiger partial charge in [0, 0.05) is 16.3 Å². The van der Waals surface area contributed by atoms with E-state index in [1.54, 1.807) is 36.4 Å². The number of carbonyl (C=O) groups is 1. The summed E-state index contributed by atoms with van der Waals surface area (Å²) < 4.78 is 23.9. The van der Waals surface area contributed by atoms with Crippen molar-refractivity contribution in [2.24, 2.45) is 0 Å². The Hall–Kier alpha value is -1.85. The summed E-state index contributed by atoms with van der Waals surface area (Å²) in [5.74, 6) is -0.0934. The molecule has 114 valence electrons. The van der Waals surface area contributed by atoms with E-state index in [0.29, 0.717) is 34.0 Å². The minimum atomic E-state index is -3.19. The van der Waals surface area contributed by atoms with E-state index in [1.165, 1.54) is 6.07 Å². The first-order chi connectivity index (χ1) is 10.5. The molecule has 1 amide bonds. The first kappa shape index (κ1) is 15.1. The van der Waals surface area contributed by atoms with Crippen LogP contribution in [0.3, 0.4) is 0 Å². The number of hydrogen-bond acceptors (Lipinski definition) is 3. The number of benzene rings is 2. The lowest BCUT2D eigenvalue weighted by molar-refractivity contribution is 0.102. The number of amides is 1. The average molecular weight is 336 g/mol. The summed E-state index contributed by atoms with van der Waals surface area (Å²) >= 11 is 5.80. The highest BCUT2D eigenvalue weighted by atomic mass is 35.5. The molecule has 0 unspecified atom stereocenters. The van der Waals surface area contributed by atoms with Gasteiger partial charge in [-0.1, -0.05) is 11.6 Å². The molecule has 0 radical (unpaired) electrons. The normalized spacial score (nSPS) is 15.9. The van der Waals surface area contributed by atoms with E-state index in [9.17, 15) is 13.2 Å². The molecule has 3 rings (SSSR count). The minimum absolute atomic E-state index is 0.177. The van der Waals surface area contributed by atoms with Crippen molar-refractivity contribution in [3.05, 3.63) is 58.6 Å². The van der Waals surface area contributed by atoms with E-state index in [0.717, 1.165) is 5.56 Å². The molecule has 6 heteroatoms. The van der Waals surface area contributed by atoms with Crippen LogP contribution in [-0.2, 0) is 16.3 Å². The molecule has 0 saturated carbocycles. The van der Waals surface area contributed by atoms with Crippen molar-refractivity contribution >= 4 is 33.0 Å². The van der Waals surface area contributed by atoms with Gasteiger partial charge in [-0.2, -0.15) is 0 Å². The molecule has 1 aliphatic heterocycles. The summed E-state index contributed by atoms with van der Waals surface area (Å²) in [7, 11) is -3.19. The number of fused-ring (bicyclic) bond motifs is 1. The molecule has 0 saturated heterocycles. The zero-order valence-electron chi connectivity index (χ0n) is 11.7. The number of anilines is 1. The number of nitrogens with one attached hydrogen (secondary N) is 1. The Balaban J connectivity index is 1.86. The van der Waals surface area contributed by atoms with Gasteiger partial charge < -0.3 is 5.32 Å². The fraction of sp³-hybridized carbons (Fsp3) is 0.188.